The van der Waals surface area contributed by atoms with Crippen molar-refractivity contribution in [1.82, 2.24) is 4.98 Å². The van der Waals surface area contributed by atoms with Gasteiger partial charge in [0.25, 0.3) is 0 Å². The van der Waals surface area contributed by atoms with E-state index in [9.17, 15) is 13.6 Å². The Morgan fingerprint density at radius 2 is 2.04 bits per heavy atom. The SMILES string of the molecule is Cc1ccc(F)c(N(C)C(=O)Nc2ncc(Oc3cccc(F)c3)s2)c1. The molecule has 5 nitrogen and oxygen atoms in total. The van der Waals surface area contributed by atoms with Crippen molar-refractivity contribution in [3.05, 3.63) is 65.9 Å². The van der Waals surface area contributed by atoms with E-state index in [4.69, 9.17) is 4.74 Å². The number of nitrogens with one attached hydrogen (secondary N) is 1. The molecule has 2 amide bonds. The van der Waals surface area contributed by atoms with E-state index in [0.29, 0.717) is 10.8 Å². The Morgan fingerprint density at radius 1 is 1.23 bits per heavy atom. The van der Waals surface area contributed by atoms with Gasteiger partial charge in [-0.2, -0.15) is 0 Å². The van der Waals surface area contributed by atoms with Crippen molar-refractivity contribution in [2.24, 2.45) is 0 Å². The van der Waals surface area contributed by atoms with Crippen molar-refractivity contribution < 1.29 is 18.3 Å². The summed E-state index contributed by atoms with van der Waals surface area (Å²) in [4.78, 5) is 17.5. The molecule has 2 aromatic carbocycles. The molecule has 3 aromatic rings. The smallest absolute Gasteiger partial charge is 0.327 e. The Hall–Kier alpha value is -3.00. The molecule has 0 spiro atoms. The van der Waals surface area contributed by atoms with Crippen molar-refractivity contribution in [2.45, 2.75) is 6.92 Å². The first kappa shape index (κ1) is 17.8. The largest absolute Gasteiger partial charge is 0.445 e. The van der Waals surface area contributed by atoms with Gasteiger partial charge in [-0.25, -0.2) is 18.6 Å². The number of carbonyl (C=O) groups excluding carboxylic acids is 1. The summed E-state index contributed by atoms with van der Waals surface area (Å²) in [5.41, 5.74) is 0.997. The van der Waals surface area contributed by atoms with E-state index in [0.717, 1.165) is 21.8 Å². The fraction of sp³-hybridized carbons (Fsp3) is 0.111. The number of halogens is 2. The second-order valence-corrected chi connectivity index (χ2v) is 6.48. The molecule has 0 atom stereocenters. The molecule has 1 aromatic heterocycles. The Labute approximate surface area is 152 Å². The highest BCUT2D eigenvalue weighted by atomic mass is 32.1. The first-order valence-corrected chi connectivity index (χ1v) is 8.44. The van der Waals surface area contributed by atoms with Crippen LogP contribution in [-0.4, -0.2) is 18.1 Å². The van der Waals surface area contributed by atoms with Crippen LogP contribution in [0.2, 0.25) is 0 Å². The topological polar surface area (TPSA) is 54.5 Å². The van der Waals surface area contributed by atoms with Gasteiger partial charge < -0.3 is 4.74 Å². The van der Waals surface area contributed by atoms with Gasteiger partial charge in [0.1, 0.15) is 17.4 Å². The number of aromatic nitrogens is 1. The van der Waals surface area contributed by atoms with Crippen LogP contribution in [0.1, 0.15) is 5.56 Å². The molecule has 0 unspecified atom stereocenters. The fourth-order valence-electron chi connectivity index (χ4n) is 2.18. The second-order valence-electron chi connectivity index (χ2n) is 5.49. The molecule has 0 saturated carbocycles. The number of urea groups is 1. The lowest BCUT2D eigenvalue weighted by molar-refractivity contribution is 0.258. The van der Waals surface area contributed by atoms with Gasteiger partial charge >= 0.3 is 6.03 Å². The molecule has 3 rings (SSSR count). The lowest BCUT2D eigenvalue weighted by atomic mass is 10.2. The monoisotopic (exact) mass is 375 g/mol. The molecule has 0 fully saturated rings. The maximum atomic E-state index is 13.9. The van der Waals surface area contributed by atoms with Crippen LogP contribution in [0.25, 0.3) is 0 Å². The summed E-state index contributed by atoms with van der Waals surface area (Å²) in [6.45, 7) is 1.81. The van der Waals surface area contributed by atoms with Crippen molar-refractivity contribution in [2.75, 3.05) is 17.3 Å². The predicted molar refractivity (Wildman–Crippen MR) is 97.1 cm³/mol. The molecule has 8 heteroatoms. The van der Waals surface area contributed by atoms with E-state index < -0.39 is 17.7 Å². The Balaban J connectivity index is 1.68. The third kappa shape index (κ3) is 4.15. The van der Waals surface area contributed by atoms with Gasteiger partial charge in [-0.05, 0) is 36.8 Å². The van der Waals surface area contributed by atoms with Crippen molar-refractivity contribution in [3.8, 4) is 10.8 Å². The highest BCUT2D eigenvalue weighted by molar-refractivity contribution is 7.17. The predicted octanol–water partition coefficient (Wildman–Crippen LogP) is 5.19. The Bertz CT molecular complexity index is 946. The molecule has 0 bridgehead atoms. The number of anilines is 2. The summed E-state index contributed by atoms with van der Waals surface area (Å²) >= 11 is 1.07. The standard InChI is InChI=1S/C18H15F2N3O2S/c1-11-6-7-14(20)15(8-11)23(2)18(24)22-17-21-10-16(26-17)25-13-5-3-4-12(19)9-13/h3-10H,1-2H3,(H,21,22,24). The normalized spacial score (nSPS) is 10.5. The summed E-state index contributed by atoms with van der Waals surface area (Å²) in [5.74, 6) is -0.588. The van der Waals surface area contributed by atoms with Crippen LogP contribution < -0.4 is 15.0 Å². The number of aryl methyl sites for hydroxylation is 1. The molecule has 0 saturated heterocycles. The van der Waals surface area contributed by atoms with E-state index >= 15 is 0 Å². The minimum absolute atomic E-state index is 0.162. The first-order chi connectivity index (χ1) is 12.4. The van der Waals surface area contributed by atoms with Crippen LogP contribution in [0, 0.1) is 18.6 Å². The van der Waals surface area contributed by atoms with Crippen molar-refractivity contribution in [3.63, 3.8) is 0 Å². The van der Waals surface area contributed by atoms with Crippen LogP contribution in [0.4, 0.5) is 24.4 Å². The number of amides is 2. The molecule has 0 aliphatic rings. The summed E-state index contributed by atoms with van der Waals surface area (Å²) < 4.78 is 32.6. The third-order valence-corrected chi connectivity index (χ3v) is 4.27. The lowest BCUT2D eigenvalue weighted by Gasteiger charge is -2.18. The average Bonchev–Trinajstić information content (AvgIpc) is 3.03. The summed E-state index contributed by atoms with van der Waals surface area (Å²) in [6, 6.07) is 9.66. The highest BCUT2D eigenvalue weighted by Crippen LogP contribution is 2.31. The number of thiazole rings is 1. The van der Waals surface area contributed by atoms with Gasteiger partial charge in [0.2, 0.25) is 5.06 Å². The van der Waals surface area contributed by atoms with E-state index in [1.807, 2.05) is 6.92 Å². The van der Waals surface area contributed by atoms with Crippen LogP contribution in [0.3, 0.4) is 0 Å². The second kappa shape index (κ2) is 7.49. The number of nitrogens with zero attached hydrogens (tertiary/aromatic N) is 2. The van der Waals surface area contributed by atoms with Crippen LogP contribution in [-0.2, 0) is 0 Å². The zero-order chi connectivity index (χ0) is 18.7. The maximum absolute atomic E-state index is 13.9. The number of benzene rings is 2. The van der Waals surface area contributed by atoms with Gasteiger partial charge in [-0.15, -0.1) is 0 Å². The Kier molecular flexibility index (Phi) is 5.13. The van der Waals surface area contributed by atoms with Crippen LogP contribution in [0.5, 0.6) is 10.8 Å². The highest BCUT2D eigenvalue weighted by Gasteiger charge is 2.17. The summed E-state index contributed by atoms with van der Waals surface area (Å²) in [5, 5.41) is 3.24. The molecular weight excluding hydrogens is 360 g/mol. The molecule has 134 valence electrons. The average molecular weight is 375 g/mol. The zero-order valence-corrected chi connectivity index (χ0v) is 14.8. The number of carbonyl (C=O) groups is 1. The molecule has 1 N–H and O–H groups in total. The zero-order valence-electron chi connectivity index (χ0n) is 14.0. The van der Waals surface area contributed by atoms with Gasteiger partial charge in [-0.3, -0.25) is 10.2 Å². The van der Waals surface area contributed by atoms with Gasteiger partial charge in [0, 0.05) is 13.1 Å². The number of rotatable bonds is 4. The third-order valence-electron chi connectivity index (χ3n) is 3.48. The molecule has 0 radical (unpaired) electrons. The van der Waals surface area contributed by atoms with E-state index in [1.165, 1.54) is 37.5 Å². The van der Waals surface area contributed by atoms with E-state index in [-0.39, 0.29) is 10.8 Å². The quantitative estimate of drug-likeness (QED) is 0.683. The van der Waals surface area contributed by atoms with Gasteiger partial charge in [-0.1, -0.05) is 23.5 Å². The minimum atomic E-state index is -0.541. The van der Waals surface area contributed by atoms with E-state index in [2.05, 4.69) is 10.3 Å². The van der Waals surface area contributed by atoms with Crippen molar-refractivity contribution >= 4 is 28.2 Å². The number of hydrogen-bond donors (Lipinski definition) is 1. The lowest BCUT2D eigenvalue weighted by Crippen LogP contribution is -2.31. The van der Waals surface area contributed by atoms with Gasteiger partial charge in [0.05, 0.1) is 11.9 Å². The fourth-order valence-corrected chi connectivity index (χ4v) is 2.85. The van der Waals surface area contributed by atoms with Crippen molar-refractivity contribution in [1.29, 1.82) is 0 Å². The molecule has 0 aliphatic heterocycles. The summed E-state index contributed by atoms with van der Waals surface area (Å²) in [7, 11) is 1.46. The van der Waals surface area contributed by atoms with Crippen LogP contribution >= 0.6 is 11.3 Å². The maximum Gasteiger partial charge on any atom is 0.327 e. The molecule has 0 aliphatic carbocycles. The number of ether oxygens (including phenoxy) is 1. The van der Waals surface area contributed by atoms with E-state index in [1.54, 1.807) is 18.2 Å². The number of hydrogen-bond acceptors (Lipinski definition) is 4. The molecule has 1 heterocycles. The molecule has 26 heavy (non-hydrogen) atoms. The Morgan fingerprint density at radius 3 is 2.81 bits per heavy atom. The summed E-state index contributed by atoms with van der Waals surface area (Å²) in [6.07, 6.45) is 1.42. The first-order valence-electron chi connectivity index (χ1n) is 7.62. The molecular formula is C18H15F2N3O2S. The van der Waals surface area contributed by atoms with Crippen LogP contribution in [0.15, 0.2) is 48.7 Å². The van der Waals surface area contributed by atoms with Gasteiger partial charge in [0.15, 0.2) is 5.13 Å². The minimum Gasteiger partial charge on any atom is -0.445 e.